The first-order valence-corrected chi connectivity index (χ1v) is 9.93. The van der Waals surface area contributed by atoms with Gasteiger partial charge in [-0.15, -0.1) is 0 Å². The van der Waals surface area contributed by atoms with Gasteiger partial charge < -0.3 is 19.4 Å². The van der Waals surface area contributed by atoms with Gasteiger partial charge in [0, 0.05) is 35.7 Å². The molecule has 30 heavy (non-hydrogen) atoms. The van der Waals surface area contributed by atoms with Gasteiger partial charge >= 0.3 is 0 Å². The van der Waals surface area contributed by atoms with Crippen LogP contribution in [0.2, 0.25) is 0 Å². The number of nitrogens with one attached hydrogen (secondary N) is 1. The molecule has 1 N–H and O–H groups in total. The first kappa shape index (κ1) is 19.9. The lowest BCUT2D eigenvalue weighted by molar-refractivity contribution is -0.124. The van der Waals surface area contributed by atoms with Crippen molar-refractivity contribution in [3.05, 3.63) is 59.6 Å². The minimum Gasteiger partial charge on any atom is -0.484 e. The molecule has 1 aromatic heterocycles. The summed E-state index contributed by atoms with van der Waals surface area (Å²) >= 11 is 0. The van der Waals surface area contributed by atoms with Crippen LogP contribution in [0.15, 0.2) is 46.9 Å². The van der Waals surface area contributed by atoms with E-state index in [9.17, 15) is 14.0 Å². The highest BCUT2D eigenvalue weighted by Gasteiger charge is 2.22. The maximum atomic E-state index is 13.5. The second kappa shape index (κ2) is 8.18. The van der Waals surface area contributed by atoms with Crippen LogP contribution in [0, 0.1) is 12.7 Å². The zero-order chi connectivity index (χ0) is 21.3. The molecule has 156 valence electrons. The minimum absolute atomic E-state index is 0.0970. The molecule has 1 atom stereocenters. The van der Waals surface area contributed by atoms with Gasteiger partial charge in [0.25, 0.3) is 5.91 Å². The summed E-state index contributed by atoms with van der Waals surface area (Å²) in [5, 5.41) is 3.53. The molecule has 0 radical (unpaired) electrons. The monoisotopic (exact) mass is 410 g/mol. The topological polar surface area (TPSA) is 71.8 Å². The van der Waals surface area contributed by atoms with Crippen molar-refractivity contribution in [2.45, 2.75) is 32.7 Å². The predicted molar refractivity (Wildman–Crippen MR) is 111 cm³/mol. The van der Waals surface area contributed by atoms with Crippen LogP contribution in [-0.2, 0) is 9.59 Å². The van der Waals surface area contributed by atoms with E-state index in [4.69, 9.17) is 9.15 Å². The number of benzene rings is 2. The molecule has 1 fully saturated rings. The maximum Gasteiger partial charge on any atom is 0.258 e. The predicted octanol–water partition coefficient (Wildman–Crippen LogP) is 4.26. The van der Waals surface area contributed by atoms with Crippen LogP contribution >= 0.6 is 0 Å². The molecule has 1 unspecified atom stereocenters. The summed E-state index contributed by atoms with van der Waals surface area (Å²) in [6.07, 6.45) is 1.40. The van der Waals surface area contributed by atoms with Crippen LogP contribution in [0.5, 0.6) is 5.75 Å². The molecule has 0 spiro atoms. The van der Waals surface area contributed by atoms with E-state index in [-0.39, 0.29) is 24.2 Å². The van der Waals surface area contributed by atoms with Crippen molar-refractivity contribution >= 4 is 28.5 Å². The largest absolute Gasteiger partial charge is 0.484 e. The van der Waals surface area contributed by atoms with Crippen LogP contribution in [-0.4, -0.2) is 25.0 Å². The van der Waals surface area contributed by atoms with Crippen LogP contribution < -0.4 is 15.0 Å². The average Bonchev–Trinajstić information content (AvgIpc) is 3.30. The second-order valence-electron chi connectivity index (χ2n) is 7.46. The normalized spacial score (nSPS) is 14.9. The van der Waals surface area contributed by atoms with Gasteiger partial charge in [-0.3, -0.25) is 9.59 Å². The summed E-state index contributed by atoms with van der Waals surface area (Å²) in [6, 6.07) is 11.1. The van der Waals surface area contributed by atoms with Gasteiger partial charge in [0.2, 0.25) is 5.91 Å². The maximum absolute atomic E-state index is 13.5. The van der Waals surface area contributed by atoms with Crippen molar-refractivity contribution < 1.29 is 23.1 Å². The molecule has 2 amide bonds. The number of rotatable bonds is 6. The molecule has 0 saturated carbocycles. The Labute approximate surface area is 173 Å². The number of hydrogen-bond acceptors (Lipinski definition) is 4. The van der Waals surface area contributed by atoms with Gasteiger partial charge in [0.05, 0.1) is 6.04 Å². The fourth-order valence-corrected chi connectivity index (χ4v) is 3.79. The molecule has 6 nitrogen and oxygen atoms in total. The molecular formula is C23H23FN2O4. The molecule has 7 heteroatoms. The molecule has 1 aliphatic rings. The molecular weight excluding hydrogens is 387 g/mol. The van der Waals surface area contributed by atoms with E-state index >= 15 is 0 Å². The Kier molecular flexibility index (Phi) is 5.44. The number of aryl methyl sites for hydroxylation is 1. The van der Waals surface area contributed by atoms with Crippen molar-refractivity contribution in [3.8, 4) is 5.75 Å². The average molecular weight is 410 g/mol. The van der Waals surface area contributed by atoms with Gasteiger partial charge in [-0.25, -0.2) is 4.39 Å². The Hall–Kier alpha value is -3.35. The molecule has 0 aliphatic carbocycles. The summed E-state index contributed by atoms with van der Waals surface area (Å²) in [4.78, 5) is 26.0. The summed E-state index contributed by atoms with van der Waals surface area (Å²) < 4.78 is 24.9. The summed E-state index contributed by atoms with van der Waals surface area (Å²) in [7, 11) is 0. The zero-order valence-electron chi connectivity index (χ0n) is 16.9. The fraction of sp³-hybridized carbons (Fsp3) is 0.304. The van der Waals surface area contributed by atoms with Crippen LogP contribution in [0.4, 0.5) is 10.1 Å². The highest BCUT2D eigenvalue weighted by Crippen LogP contribution is 2.30. The number of anilines is 1. The van der Waals surface area contributed by atoms with Gasteiger partial charge in [0.15, 0.2) is 6.61 Å². The van der Waals surface area contributed by atoms with Crippen molar-refractivity contribution in [2.24, 2.45) is 0 Å². The number of fused-ring (bicyclic) bond motifs is 1. The van der Waals surface area contributed by atoms with Crippen LogP contribution in [0.1, 0.15) is 37.1 Å². The highest BCUT2D eigenvalue weighted by molar-refractivity contribution is 5.95. The first-order chi connectivity index (χ1) is 14.4. The van der Waals surface area contributed by atoms with E-state index in [0.717, 1.165) is 17.7 Å². The summed E-state index contributed by atoms with van der Waals surface area (Å²) in [6.45, 7) is 4.17. The third kappa shape index (κ3) is 4.01. The van der Waals surface area contributed by atoms with Crippen LogP contribution in [0.25, 0.3) is 11.0 Å². The lowest BCUT2D eigenvalue weighted by Gasteiger charge is -2.17. The standard InChI is InChI=1S/C23H23FN2O4/c1-14-19-11-16(24)8-9-20(19)30-23(14)15(2)25-21(27)13-29-18-6-3-5-17(12-18)26-10-4-7-22(26)28/h3,5-6,8-9,11-12,15H,4,7,10,13H2,1-2H3,(H,25,27). The van der Waals surface area contributed by atoms with Crippen molar-refractivity contribution in [2.75, 3.05) is 18.1 Å². The Bertz CT molecular complexity index is 1110. The number of furan rings is 1. The minimum atomic E-state index is -0.398. The van der Waals surface area contributed by atoms with Gasteiger partial charge in [-0.1, -0.05) is 6.07 Å². The number of carbonyl (C=O) groups is 2. The zero-order valence-corrected chi connectivity index (χ0v) is 16.9. The smallest absolute Gasteiger partial charge is 0.258 e. The Morgan fingerprint density at radius 1 is 1.30 bits per heavy atom. The Morgan fingerprint density at radius 3 is 2.90 bits per heavy atom. The number of halogens is 1. The van der Waals surface area contributed by atoms with Gasteiger partial charge in [-0.05, 0) is 50.6 Å². The molecule has 0 bridgehead atoms. The number of ether oxygens (including phenoxy) is 1. The molecule has 1 aliphatic heterocycles. The molecule has 3 aromatic rings. The molecule has 1 saturated heterocycles. The van der Waals surface area contributed by atoms with Gasteiger partial charge in [0.1, 0.15) is 22.9 Å². The summed E-state index contributed by atoms with van der Waals surface area (Å²) in [5.74, 6) is 0.556. The molecule has 2 heterocycles. The second-order valence-corrected chi connectivity index (χ2v) is 7.46. The summed E-state index contributed by atoms with van der Waals surface area (Å²) in [5.41, 5.74) is 2.14. The van der Waals surface area contributed by atoms with E-state index in [1.54, 1.807) is 36.1 Å². The number of amides is 2. The van der Waals surface area contributed by atoms with Crippen molar-refractivity contribution in [1.29, 1.82) is 0 Å². The number of carbonyl (C=O) groups excluding carboxylic acids is 2. The molecule has 4 rings (SSSR count). The number of nitrogens with zero attached hydrogens (tertiary/aromatic N) is 1. The van der Waals surface area contributed by atoms with E-state index in [1.165, 1.54) is 12.1 Å². The van der Waals surface area contributed by atoms with Crippen molar-refractivity contribution in [3.63, 3.8) is 0 Å². The third-order valence-corrected chi connectivity index (χ3v) is 5.28. The Balaban J connectivity index is 1.38. The Morgan fingerprint density at radius 2 is 2.13 bits per heavy atom. The van der Waals surface area contributed by atoms with Crippen LogP contribution in [0.3, 0.4) is 0 Å². The van der Waals surface area contributed by atoms with Gasteiger partial charge in [-0.2, -0.15) is 0 Å². The first-order valence-electron chi connectivity index (χ1n) is 9.93. The van der Waals surface area contributed by atoms with Crippen molar-refractivity contribution in [1.82, 2.24) is 5.32 Å². The lowest BCUT2D eigenvalue weighted by Crippen LogP contribution is -2.31. The van der Waals surface area contributed by atoms with E-state index in [0.29, 0.717) is 35.4 Å². The SMILES string of the molecule is Cc1c(C(C)NC(=O)COc2cccc(N3CCCC3=O)c2)oc2ccc(F)cc12. The van der Waals surface area contributed by atoms with E-state index < -0.39 is 6.04 Å². The quantitative estimate of drug-likeness (QED) is 0.659. The number of hydrogen-bond donors (Lipinski definition) is 1. The van der Waals surface area contributed by atoms with E-state index in [1.807, 2.05) is 13.0 Å². The molecule has 2 aromatic carbocycles. The highest BCUT2D eigenvalue weighted by atomic mass is 19.1. The fourth-order valence-electron chi connectivity index (χ4n) is 3.79. The van der Waals surface area contributed by atoms with E-state index in [2.05, 4.69) is 5.32 Å². The third-order valence-electron chi connectivity index (χ3n) is 5.28. The lowest BCUT2D eigenvalue weighted by atomic mass is 10.1.